The molecule has 3 aromatic rings. The van der Waals surface area contributed by atoms with Gasteiger partial charge in [0.25, 0.3) is 5.91 Å². The molecule has 27 heavy (non-hydrogen) atoms. The van der Waals surface area contributed by atoms with Gasteiger partial charge in [-0.1, -0.05) is 60.2 Å². The summed E-state index contributed by atoms with van der Waals surface area (Å²) < 4.78 is 0. The molecule has 0 aliphatic heterocycles. The summed E-state index contributed by atoms with van der Waals surface area (Å²) in [6, 6.07) is 22.1. The molecular weight excluding hydrogens is 334 g/mol. The molecule has 1 amide bonds. The van der Waals surface area contributed by atoms with Gasteiger partial charge in [-0.15, -0.1) is 0 Å². The zero-order chi connectivity index (χ0) is 19.1. The highest BCUT2D eigenvalue weighted by atomic mass is 16.2. The molecule has 2 aromatic carbocycles. The lowest BCUT2D eigenvalue weighted by molar-refractivity contribution is 0.0746. The monoisotopic (exact) mass is 359 g/mol. The van der Waals surface area contributed by atoms with E-state index in [1.165, 1.54) is 11.1 Å². The van der Waals surface area contributed by atoms with Gasteiger partial charge in [-0.25, -0.2) is 4.98 Å². The van der Waals surface area contributed by atoms with Gasteiger partial charge >= 0.3 is 0 Å². The second-order valence-corrected chi connectivity index (χ2v) is 6.58. The summed E-state index contributed by atoms with van der Waals surface area (Å²) in [6.07, 6.45) is 1.72. The van der Waals surface area contributed by atoms with Crippen molar-refractivity contribution in [3.63, 3.8) is 0 Å². The molecule has 0 fully saturated rings. The number of amides is 1. The zero-order valence-corrected chi connectivity index (χ0v) is 15.9. The van der Waals surface area contributed by atoms with Gasteiger partial charge < -0.3 is 10.2 Å². The van der Waals surface area contributed by atoms with Crippen LogP contribution in [0.4, 0.5) is 5.69 Å². The number of anilines is 1. The largest absolute Gasteiger partial charge is 0.380 e. The molecule has 0 aliphatic rings. The molecule has 1 heterocycles. The molecule has 0 atom stereocenters. The molecule has 0 saturated carbocycles. The minimum Gasteiger partial charge on any atom is -0.380 e. The first-order chi connectivity index (χ1) is 13.2. The summed E-state index contributed by atoms with van der Waals surface area (Å²) in [5.41, 5.74) is 4.94. The van der Waals surface area contributed by atoms with Crippen LogP contribution in [0.5, 0.6) is 0 Å². The highest BCUT2D eigenvalue weighted by Gasteiger charge is 2.15. The van der Waals surface area contributed by atoms with Crippen LogP contribution in [-0.2, 0) is 13.1 Å². The number of benzene rings is 2. The van der Waals surface area contributed by atoms with Crippen LogP contribution in [0.2, 0.25) is 0 Å². The maximum absolute atomic E-state index is 12.8. The second kappa shape index (κ2) is 8.99. The number of hydrogen-bond donors (Lipinski definition) is 1. The average molecular weight is 359 g/mol. The lowest BCUT2D eigenvalue weighted by Crippen LogP contribution is -2.30. The predicted molar refractivity (Wildman–Crippen MR) is 110 cm³/mol. The quantitative estimate of drug-likeness (QED) is 0.667. The SMILES string of the molecule is CCN(Cc1ccccc1)C(=O)c1ccc(NCc2cccc(C)c2)cn1. The number of nitrogens with one attached hydrogen (secondary N) is 1. The molecule has 0 bridgehead atoms. The summed E-state index contributed by atoms with van der Waals surface area (Å²) in [7, 11) is 0. The first-order valence-electron chi connectivity index (χ1n) is 9.24. The molecule has 0 saturated heterocycles. The topological polar surface area (TPSA) is 45.2 Å². The first-order valence-corrected chi connectivity index (χ1v) is 9.24. The Morgan fingerprint density at radius 1 is 1.00 bits per heavy atom. The summed E-state index contributed by atoms with van der Waals surface area (Å²) in [6.45, 7) is 6.03. The number of carbonyl (C=O) groups excluding carboxylic acids is 1. The van der Waals surface area contributed by atoms with E-state index < -0.39 is 0 Å². The highest BCUT2D eigenvalue weighted by molar-refractivity contribution is 5.92. The Morgan fingerprint density at radius 3 is 2.44 bits per heavy atom. The Balaban J connectivity index is 1.62. The maximum Gasteiger partial charge on any atom is 0.272 e. The van der Waals surface area contributed by atoms with E-state index in [4.69, 9.17) is 0 Å². The third kappa shape index (κ3) is 5.17. The van der Waals surface area contributed by atoms with Gasteiger partial charge in [-0.05, 0) is 37.1 Å². The van der Waals surface area contributed by atoms with E-state index in [0.29, 0.717) is 18.8 Å². The van der Waals surface area contributed by atoms with E-state index in [1.807, 2.05) is 43.3 Å². The number of hydrogen-bond acceptors (Lipinski definition) is 3. The lowest BCUT2D eigenvalue weighted by atomic mass is 10.1. The van der Waals surface area contributed by atoms with Gasteiger partial charge in [-0.2, -0.15) is 0 Å². The number of carbonyl (C=O) groups is 1. The Hall–Kier alpha value is -3.14. The molecule has 4 heteroatoms. The van der Waals surface area contributed by atoms with Crippen LogP contribution in [0, 0.1) is 6.92 Å². The van der Waals surface area contributed by atoms with Crippen molar-refractivity contribution in [1.29, 1.82) is 0 Å². The summed E-state index contributed by atoms with van der Waals surface area (Å²) in [5.74, 6) is -0.0495. The van der Waals surface area contributed by atoms with Gasteiger partial charge in [0.05, 0.1) is 11.9 Å². The first kappa shape index (κ1) is 18.6. The fourth-order valence-electron chi connectivity index (χ4n) is 2.94. The van der Waals surface area contributed by atoms with Crippen molar-refractivity contribution < 1.29 is 4.79 Å². The van der Waals surface area contributed by atoms with Gasteiger partial charge in [0.15, 0.2) is 0 Å². The Kier molecular flexibility index (Phi) is 6.21. The van der Waals surface area contributed by atoms with Crippen molar-refractivity contribution in [3.8, 4) is 0 Å². The van der Waals surface area contributed by atoms with Crippen LogP contribution < -0.4 is 5.32 Å². The van der Waals surface area contributed by atoms with Crippen LogP contribution in [0.25, 0.3) is 0 Å². The van der Waals surface area contributed by atoms with E-state index in [1.54, 1.807) is 17.2 Å². The molecule has 0 spiro atoms. The van der Waals surface area contributed by atoms with Gasteiger partial charge in [0, 0.05) is 19.6 Å². The maximum atomic E-state index is 12.8. The van der Waals surface area contributed by atoms with E-state index in [9.17, 15) is 4.79 Å². The number of nitrogens with zero attached hydrogens (tertiary/aromatic N) is 2. The molecule has 3 rings (SSSR count). The van der Waals surface area contributed by atoms with Crippen LogP contribution in [0.1, 0.15) is 34.1 Å². The molecule has 0 radical (unpaired) electrons. The summed E-state index contributed by atoms with van der Waals surface area (Å²) in [5, 5.41) is 3.35. The van der Waals surface area contributed by atoms with Gasteiger partial charge in [0.1, 0.15) is 5.69 Å². The number of aromatic nitrogens is 1. The highest BCUT2D eigenvalue weighted by Crippen LogP contribution is 2.13. The zero-order valence-electron chi connectivity index (χ0n) is 15.9. The summed E-state index contributed by atoms with van der Waals surface area (Å²) >= 11 is 0. The van der Waals surface area contributed by atoms with E-state index in [-0.39, 0.29) is 5.91 Å². The molecule has 138 valence electrons. The molecule has 1 N–H and O–H groups in total. The third-order valence-electron chi connectivity index (χ3n) is 4.45. The van der Waals surface area contributed by atoms with Crippen LogP contribution in [-0.4, -0.2) is 22.3 Å². The normalized spacial score (nSPS) is 10.4. The lowest BCUT2D eigenvalue weighted by Gasteiger charge is -2.20. The molecule has 1 aromatic heterocycles. The van der Waals surface area contributed by atoms with Crippen molar-refractivity contribution in [2.45, 2.75) is 26.9 Å². The molecule has 0 unspecified atom stereocenters. The van der Waals surface area contributed by atoms with Gasteiger partial charge in [0.2, 0.25) is 0 Å². The van der Waals surface area contributed by atoms with Crippen molar-refractivity contribution in [1.82, 2.24) is 9.88 Å². The van der Waals surface area contributed by atoms with Crippen molar-refractivity contribution >= 4 is 11.6 Å². The minimum absolute atomic E-state index is 0.0495. The average Bonchev–Trinajstić information content (AvgIpc) is 2.71. The molecule has 0 aliphatic carbocycles. The second-order valence-electron chi connectivity index (χ2n) is 6.58. The van der Waals surface area contributed by atoms with E-state index >= 15 is 0 Å². The minimum atomic E-state index is -0.0495. The molecular formula is C23H25N3O. The Bertz CT molecular complexity index is 876. The Labute approximate surface area is 160 Å². The fourth-order valence-corrected chi connectivity index (χ4v) is 2.94. The van der Waals surface area contributed by atoms with Crippen molar-refractivity contribution in [2.75, 3.05) is 11.9 Å². The van der Waals surface area contributed by atoms with Crippen molar-refractivity contribution in [3.05, 3.63) is 95.3 Å². The van der Waals surface area contributed by atoms with Crippen molar-refractivity contribution in [2.24, 2.45) is 0 Å². The number of aryl methyl sites for hydroxylation is 1. The fraction of sp³-hybridized carbons (Fsp3) is 0.217. The van der Waals surface area contributed by atoms with E-state index in [0.717, 1.165) is 17.8 Å². The van der Waals surface area contributed by atoms with Crippen LogP contribution in [0.15, 0.2) is 72.9 Å². The smallest absolute Gasteiger partial charge is 0.272 e. The molecule has 4 nitrogen and oxygen atoms in total. The summed E-state index contributed by atoms with van der Waals surface area (Å²) in [4.78, 5) is 18.9. The van der Waals surface area contributed by atoms with Crippen LogP contribution in [0.3, 0.4) is 0 Å². The van der Waals surface area contributed by atoms with Gasteiger partial charge in [-0.3, -0.25) is 4.79 Å². The van der Waals surface area contributed by atoms with E-state index in [2.05, 4.69) is 41.5 Å². The predicted octanol–water partition coefficient (Wildman–Crippen LogP) is 4.66. The standard InChI is InChI=1S/C23H25N3O/c1-3-26(17-19-9-5-4-6-10-19)23(27)22-13-12-21(16-25-22)24-15-20-11-7-8-18(2)14-20/h4-14,16,24H,3,15,17H2,1-2H3. The number of pyridine rings is 1. The third-order valence-corrected chi connectivity index (χ3v) is 4.45. The number of rotatable bonds is 7. The Morgan fingerprint density at radius 2 is 1.78 bits per heavy atom. The van der Waals surface area contributed by atoms with Crippen LogP contribution >= 0.6 is 0 Å².